The number of nitriles is 1. The van der Waals surface area contributed by atoms with E-state index in [-0.39, 0.29) is 5.57 Å². The highest BCUT2D eigenvalue weighted by Crippen LogP contribution is 2.28. The molecule has 1 saturated heterocycles. The number of fused-ring (bicyclic) bond motifs is 1. The number of anilines is 1. The number of allylic oxidation sites excluding steroid dienone is 2. The molecule has 0 radical (unpaired) electrons. The predicted molar refractivity (Wildman–Crippen MR) is 122 cm³/mol. The molecular weight excluding hydrogens is 450 g/mol. The maximum Gasteiger partial charge on any atom is 0.251 e. The predicted octanol–water partition coefficient (Wildman–Crippen LogP) is -0.120. The molecule has 5 N–H and O–H groups in total. The SMILES string of the molecule is C/C(=C(/C#N)S(=O)(=O)N[C@H]1C(O)O[C@H](CO)[C@@H](O)[C@@H]1O)c1ccc2cc(N(C)C)ccc2c1. The van der Waals surface area contributed by atoms with E-state index >= 15 is 0 Å². The van der Waals surface area contributed by atoms with Gasteiger partial charge < -0.3 is 30.1 Å². The number of hydrogen-bond acceptors (Lipinski definition) is 9. The van der Waals surface area contributed by atoms with E-state index in [0.29, 0.717) is 5.56 Å². The summed E-state index contributed by atoms with van der Waals surface area (Å²) in [4.78, 5) is 1.35. The van der Waals surface area contributed by atoms with Crippen molar-refractivity contribution in [2.75, 3.05) is 25.6 Å². The second-order valence-corrected chi connectivity index (χ2v) is 9.73. The Balaban J connectivity index is 1.95. The van der Waals surface area contributed by atoms with Crippen LogP contribution in [0.5, 0.6) is 0 Å². The summed E-state index contributed by atoms with van der Waals surface area (Å²) in [5, 5.41) is 50.9. The van der Waals surface area contributed by atoms with Gasteiger partial charge in [-0.05, 0) is 47.0 Å². The number of nitrogens with zero attached hydrogens (tertiary/aromatic N) is 2. The highest BCUT2D eigenvalue weighted by molar-refractivity contribution is 7.93. The molecule has 0 aliphatic carbocycles. The summed E-state index contributed by atoms with van der Waals surface area (Å²) < 4.78 is 33.0. The minimum absolute atomic E-state index is 0.165. The molecule has 0 aromatic heterocycles. The molecule has 0 spiro atoms. The number of aliphatic hydroxyl groups is 4. The number of ether oxygens (including phenoxy) is 1. The fourth-order valence-electron chi connectivity index (χ4n) is 3.68. The lowest BCUT2D eigenvalue weighted by Gasteiger charge is -2.40. The third-order valence-corrected chi connectivity index (χ3v) is 7.19. The number of aliphatic hydroxyl groups excluding tert-OH is 4. The van der Waals surface area contributed by atoms with Crippen LogP contribution in [-0.4, -0.2) is 80.2 Å². The maximum absolute atomic E-state index is 13.0. The van der Waals surface area contributed by atoms with Crippen LogP contribution in [0, 0.1) is 11.3 Å². The van der Waals surface area contributed by atoms with E-state index in [1.54, 1.807) is 18.2 Å². The maximum atomic E-state index is 13.0. The quantitative estimate of drug-likeness (QED) is 0.357. The van der Waals surface area contributed by atoms with Gasteiger partial charge in [0.05, 0.1) is 6.61 Å². The lowest BCUT2D eigenvalue weighted by Crippen LogP contribution is -2.64. The molecule has 1 unspecified atom stereocenters. The van der Waals surface area contributed by atoms with Gasteiger partial charge in [0.1, 0.15) is 30.4 Å². The van der Waals surface area contributed by atoms with Crippen LogP contribution in [0.15, 0.2) is 41.3 Å². The Hall–Kier alpha value is -2.56. The van der Waals surface area contributed by atoms with Crippen LogP contribution in [0.1, 0.15) is 12.5 Å². The summed E-state index contributed by atoms with van der Waals surface area (Å²) >= 11 is 0. The number of sulfonamides is 1. The lowest BCUT2D eigenvalue weighted by atomic mass is 9.98. The van der Waals surface area contributed by atoms with Crippen molar-refractivity contribution < 1.29 is 33.6 Å². The molecule has 2 aromatic rings. The summed E-state index contributed by atoms with van der Waals surface area (Å²) in [6.07, 6.45) is -6.54. The Kier molecular flexibility index (Phi) is 7.40. The lowest BCUT2D eigenvalue weighted by molar-refractivity contribution is -0.251. The van der Waals surface area contributed by atoms with Crippen LogP contribution >= 0.6 is 0 Å². The fourth-order valence-corrected chi connectivity index (χ4v) is 5.06. The highest BCUT2D eigenvalue weighted by Gasteiger charge is 2.45. The standard InChI is InChI=1S/C22H27N3O7S/c1-12(13-4-5-15-9-16(25(2)3)7-6-14(15)8-13)18(10-23)33(30,31)24-19-21(28)20(27)17(11-26)32-22(19)29/h4-9,17,19-22,24,26-29H,11H2,1-3H3/b18-12+/t17-,19-,20-,21-,22?/m1/s1. The van der Waals surface area contributed by atoms with E-state index in [1.807, 2.05) is 48.0 Å². The first kappa shape index (κ1) is 25.1. The van der Waals surface area contributed by atoms with E-state index in [4.69, 9.17) is 9.84 Å². The van der Waals surface area contributed by atoms with Crippen molar-refractivity contribution >= 4 is 32.1 Å². The monoisotopic (exact) mass is 477 g/mol. The number of hydrogen-bond donors (Lipinski definition) is 5. The average molecular weight is 478 g/mol. The number of rotatable bonds is 6. The zero-order valence-electron chi connectivity index (χ0n) is 18.4. The van der Waals surface area contributed by atoms with Crippen molar-refractivity contribution in [2.45, 2.75) is 37.6 Å². The first-order valence-corrected chi connectivity index (χ1v) is 11.6. The normalized spacial score (nSPS) is 26.5. The van der Waals surface area contributed by atoms with Crippen LogP contribution in [0.4, 0.5) is 5.69 Å². The topological polar surface area (TPSA) is 163 Å². The second-order valence-electron chi connectivity index (χ2n) is 8.08. The Bertz CT molecular complexity index is 1210. The van der Waals surface area contributed by atoms with Gasteiger partial charge in [-0.25, -0.2) is 8.42 Å². The highest BCUT2D eigenvalue weighted by atomic mass is 32.2. The largest absolute Gasteiger partial charge is 0.394 e. The van der Waals surface area contributed by atoms with E-state index in [2.05, 4.69) is 0 Å². The van der Waals surface area contributed by atoms with Crippen molar-refractivity contribution in [3.05, 3.63) is 46.9 Å². The fraction of sp³-hybridized carbons (Fsp3) is 0.409. The first-order chi connectivity index (χ1) is 15.5. The zero-order chi connectivity index (χ0) is 24.5. The molecule has 1 aliphatic heterocycles. The molecule has 33 heavy (non-hydrogen) atoms. The van der Waals surface area contributed by atoms with Gasteiger partial charge in [0.2, 0.25) is 0 Å². The summed E-state index contributed by atoms with van der Waals surface area (Å²) in [6, 6.07) is 11.1. The van der Waals surface area contributed by atoms with Gasteiger partial charge in [0.15, 0.2) is 11.2 Å². The van der Waals surface area contributed by atoms with E-state index in [9.17, 15) is 29.0 Å². The first-order valence-electron chi connectivity index (χ1n) is 10.2. The molecule has 2 aromatic carbocycles. The van der Waals surface area contributed by atoms with Crippen molar-refractivity contribution in [3.8, 4) is 6.07 Å². The summed E-state index contributed by atoms with van der Waals surface area (Å²) in [6.45, 7) is 0.795. The van der Waals surface area contributed by atoms with Crippen molar-refractivity contribution in [1.82, 2.24) is 4.72 Å². The zero-order valence-corrected chi connectivity index (χ0v) is 19.2. The van der Waals surface area contributed by atoms with Gasteiger partial charge >= 0.3 is 0 Å². The average Bonchev–Trinajstić information content (AvgIpc) is 2.78. The van der Waals surface area contributed by atoms with Gasteiger partial charge in [-0.1, -0.05) is 18.2 Å². The Morgan fingerprint density at radius 1 is 1.12 bits per heavy atom. The van der Waals surface area contributed by atoms with Crippen LogP contribution in [0.25, 0.3) is 16.3 Å². The number of benzene rings is 2. The molecule has 0 saturated carbocycles. The van der Waals surface area contributed by atoms with Crippen molar-refractivity contribution in [2.24, 2.45) is 0 Å². The van der Waals surface area contributed by atoms with Crippen LogP contribution in [0.2, 0.25) is 0 Å². The van der Waals surface area contributed by atoms with Crippen molar-refractivity contribution in [3.63, 3.8) is 0 Å². The molecule has 1 heterocycles. The van der Waals surface area contributed by atoms with Crippen LogP contribution in [0.3, 0.4) is 0 Å². The van der Waals surface area contributed by atoms with Gasteiger partial charge in [0, 0.05) is 19.8 Å². The molecule has 1 aliphatic rings. The third kappa shape index (κ3) is 5.02. The van der Waals surface area contributed by atoms with Gasteiger partial charge in [-0.15, -0.1) is 0 Å². The molecule has 11 heteroatoms. The van der Waals surface area contributed by atoms with Gasteiger partial charge in [-0.3, -0.25) is 0 Å². The summed E-state index contributed by atoms with van der Waals surface area (Å²) in [5.41, 5.74) is 1.67. The van der Waals surface area contributed by atoms with Crippen molar-refractivity contribution in [1.29, 1.82) is 5.26 Å². The van der Waals surface area contributed by atoms with Gasteiger partial charge in [-0.2, -0.15) is 9.98 Å². The summed E-state index contributed by atoms with van der Waals surface area (Å²) in [7, 11) is -0.667. The summed E-state index contributed by atoms with van der Waals surface area (Å²) in [5.74, 6) is 0. The Labute approximate surface area is 192 Å². The molecular formula is C22H27N3O7S. The van der Waals surface area contributed by atoms with E-state index in [1.165, 1.54) is 6.92 Å². The van der Waals surface area contributed by atoms with E-state index < -0.39 is 52.2 Å². The minimum atomic E-state index is -4.52. The van der Waals surface area contributed by atoms with Crippen LogP contribution < -0.4 is 9.62 Å². The smallest absolute Gasteiger partial charge is 0.251 e. The molecule has 10 nitrogen and oxygen atoms in total. The molecule has 1 fully saturated rings. The second kappa shape index (κ2) is 9.74. The molecule has 5 atom stereocenters. The third-order valence-electron chi connectivity index (χ3n) is 5.68. The van der Waals surface area contributed by atoms with Crippen LogP contribution in [-0.2, 0) is 14.8 Å². The molecule has 0 bridgehead atoms. The molecule has 0 amide bonds. The minimum Gasteiger partial charge on any atom is -0.394 e. The Morgan fingerprint density at radius 3 is 2.36 bits per heavy atom. The molecule has 3 rings (SSSR count). The Morgan fingerprint density at radius 2 is 1.76 bits per heavy atom. The van der Waals surface area contributed by atoms with Gasteiger partial charge in [0.25, 0.3) is 10.0 Å². The molecule has 178 valence electrons. The van der Waals surface area contributed by atoms with E-state index in [0.717, 1.165) is 16.5 Å². The number of nitrogens with one attached hydrogen (secondary N) is 1.